The predicted molar refractivity (Wildman–Crippen MR) is 104 cm³/mol. The van der Waals surface area contributed by atoms with Crippen LogP contribution in [0.3, 0.4) is 0 Å². The number of aryl methyl sites for hydroxylation is 1. The predicted octanol–water partition coefficient (Wildman–Crippen LogP) is 5.54. The van der Waals surface area contributed by atoms with E-state index in [-0.39, 0.29) is 5.82 Å². The molecule has 0 unspecified atom stereocenters. The Morgan fingerprint density at radius 3 is 2.38 bits per heavy atom. The molecule has 3 aromatic rings. The second-order valence-corrected chi connectivity index (χ2v) is 6.36. The molecule has 2 aromatic carbocycles. The van der Waals surface area contributed by atoms with Crippen molar-refractivity contribution in [3.63, 3.8) is 0 Å². The Labute approximate surface area is 152 Å². The van der Waals surface area contributed by atoms with E-state index in [1.165, 1.54) is 17.7 Å². The quantitative estimate of drug-likeness (QED) is 0.611. The zero-order chi connectivity index (χ0) is 17.9. The molecule has 2 heterocycles. The minimum Gasteiger partial charge on any atom is -0.265 e. The van der Waals surface area contributed by atoms with Gasteiger partial charge in [-0.2, -0.15) is 0 Å². The van der Waals surface area contributed by atoms with Crippen LogP contribution < -0.4 is 0 Å². The first-order chi connectivity index (χ1) is 12.7. The van der Waals surface area contributed by atoms with Gasteiger partial charge in [0.1, 0.15) is 5.82 Å². The fourth-order valence-electron chi connectivity index (χ4n) is 3.27. The SMILES string of the molecule is CCc1cccc(C2=NC(c3ccc(F)cc3)=C(c3ccncc3)C2)c1. The molecule has 1 aromatic heterocycles. The number of aromatic nitrogens is 1. The number of nitrogens with zero attached hydrogens (tertiary/aromatic N) is 2. The molecule has 0 saturated heterocycles. The maximum absolute atomic E-state index is 13.4. The molecular weight excluding hydrogens is 323 g/mol. The van der Waals surface area contributed by atoms with E-state index in [1.54, 1.807) is 24.5 Å². The number of benzene rings is 2. The largest absolute Gasteiger partial charge is 0.265 e. The van der Waals surface area contributed by atoms with Gasteiger partial charge in [-0.1, -0.05) is 25.1 Å². The molecule has 1 aliphatic rings. The summed E-state index contributed by atoms with van der Waals surface area (Å²) in [6, 6.07) is 19.1. The summed E-state index contributed by atoms with van der Waals surface area (Å²) in [6.07, 6.45) is 5.33. The van der Waals surface area contributed by atoms with Gasteiger partial charge in [0.05, 0.1) is 11.4 Å². The molecule has 0 fully saturated rings. The van der Waals surface area contributed by atoms with E-state index in [4.69, 9.17) is 4.99 Å². The average molecular weight is 342 g/mol. The lowest BCUT2D eigenvalue weighted by Gasteiger charge is -2.07. The van der Waals surface area contributed by atoms with Crippen molar-refractivity contribution in [1.29, 1.82) is 0 Å². The van der Waals surface area contributed by atoms with Gasteiger partial charge in [-0.25, -0.2) is 4.39 Å². The fourth-order valence-corrected chi connectivity index (χ4v) is 3.27. The molecule has 4 rings (SSSR count). The Morgan fingerprint density at radius 2 is 1.65 bits per heavy atom. The van der Waals surface area contributed by atoms with Crippen LogP contribution in [0.1, 0.15) is 35.6 Å². The Bertz CT molecular complexity index is 986. The molecule has 0 aliphatic carbocycles. The third-order valence-corrected chi connectivity index (χ3v) is 4.69. The molecule has 1 aliphatic heterocycles. The summed E-state index contributed by atoms with van der Waals surface area (Å²) in [7, 11) is 0. The highest BCUT2D eigenvalue weighted by atomic mass is 19.1. The molecule has 0 amide bonds. The van der Waals surface area contributed by atoms with Crippen molar-refractivity contribution < 1.29 is 4.39 Å². The first-order valence-electron chi connectivity index (χ1n) is 8.81. The third-order valence-electron chi connectivity index (χ3n) is 4.69. The summed E-state index contributed by atoms with van der Waals surface area (Å²) in [5.41, 5.74) is 7.58. The van der Waals surface area contributed by atoms with Crippen molar-refractivity contribution in [2.24, 2.45) is 4.99 Å². The zero-order valence-electron chi connectivity index (χ0n) is 14.6. The van der Waals surface area contributed by atoms with E-state index in [0.717, 1.165) is 46.5 Å². The number of hydrogen-bond acceptors (Lipinski definition) is 2. The van der Waals surface area contributed by atoms with Crippen molar-refractivity contribution >= 4 is 17.0 Å². The summed E-state index contributed by atoms with van der Waals surface area (Å²) in [6.45, 7) is 2.15. The Kier molecular flexibility index (Phi) is 4.44. The maximum atomic E-state index is 13.4. The lowest BCUT2D eigenvalue weighted by molar-refractivity contribution is 0.627. The number of allylic oxidation sites excluding steroid dienone is 1. The molecule has 128 valence electrons. The van der Waals surface area contributed by atoms with E-state index in [2.05, 4.69) is 36.2 Å². The van der Waals surface area contributed by atoms with E-state index in [9.17, 15) is 4.39 Å². The molecule has 2 nitrogen and oxygen atoms in total. The Balaban J connectivity index is 1.80. The zero-order valence-corrected chi connectivity index (χ0v) is 14.6. The standard InChI is InChI=1S/C23H19FN2/c1-2-16-4-3-5-19(14-16)22-15-21(17-10-12-25-13-11-17)23(26-22)18-6-8-20(24)9-7-18/h3-14H,2,15H2,1H3. The molecule has 26 heavy (non-hydrogen) atoms. The van der Waals surface area contributed by atoms with E-state index < -0.39 is 0 Å². The van der Waals surface area contributed by atoms with Crippen molar-refractivity contribution in [1.82, 2.24) is 4.98 Å². The lowest BCUT2D eigenvalue weighted by Crippen LogP contribution is -1.99. The van der Waals surface area contributed by atoms with Crippen LogP contribution in [-0.4, -0.2) is 10.7 Å². The van der Waals surface area contributed by atoms with Gasteiger partial charge < -0.3 is 0 Å². The van der Waals surface area contributed by atoms with Gasteiger partial charge in [0.2, 0.25) is 0 Å². The molecule has 0 bridgehead atoms. The maximum Gasteiger partial charge on any atom is 0.123 e. The highest BCUT2D eigenvalue weighted by Crippen LogP contribution is 2.37. The van der Waals surface area contributed by atoms with Crippen LogP contribution in [-0.2, 0) is 6.42 Å². The number of halogens is 1. The van der Waals surface area contributed by atoms with Crippen molar-refractivity contribution in [3.8, 4) is 0 Å². The van der Waals surface area contributed by atoms with Crippen LogP contribution in [0.4, 0.5) is 4.39 Å². The first kappa shape index (κ1) is 16.4. The van der Waals surface area contributed by atoms with Gasteiger partial charge in [-0.15, -0.1) is 0 Å². The van der Waals surface area contributed by atoms with Crippen LogP contribution in [0.15, 0.2) is 78.0 Å². The Morgan fingerprint density at radius 1 is 0.885 bits per heavy atom. The second-order valence-electron chi connectivity index (χ2n) is 6.36. The van der Waals surface area contributed by atoms with Gasteiger partial charge in [-0.05, 0) is 71.1 Å². The number of rotatable bonds is 4. The highest BCUT2D eigenvalue weighted by Gasteiger charge is 2.22. The summed E-state index contributed by atoms with van der Waals surface area (Å²) >= 11 is 0. The summed E-state index contributed by atoms with van der Waals surface area (Å²) in [4.78, 5) is 9.06. The number of pyridine rings is 1. The minimum absolute atomic E-state index is 0.238. The second kappa shape index (κ2) is 7.04. The van der Waals surface area contributed by atoms with Gasteiger partial charge >= 0.3 is 0 Å². The van der Waals surface area contributed by atoms with Crippen LogP contribution in [0.25, 0.3) is 11.3 Å². The van der Waals surface area contributed by atoms with Crippen molar-refractivity contribution in [2.75, 3.05) is 0 Å². The van der Waals surface area contributed by atoms with Crippen molar-refractivity contribution in [3.05, 3.63) is 101 Å². The average Bonchev–Trinajstić information content (AvgIpc) is 3.15. The summed E-state index contributed by atoms with van der Waals surface area (Å²) in [5.74, 6) is -0.238. The highest BCUT2D eigenvalue weighted by molar-refractivity contribution is 6.16. The molecule has 0 radical (unpaired) electrons. The number of aliphatic imine (C=N–C) groups is 1. The van der Waals surface area contributed by atoms with Crippen LogP contribution in [0.5, 0.6) is 0 Å². The monoisotopic (exact) mass is 342 g/mol. The normalized spacial score (nSPS) is 13.8. The Hall–Kier alpha value is -3.07. The molecular formula is C23H19FN2. The summed E-state index contributed by atoms with van der Waals surface area (Å²) in [5, 5.41) is 0. The summed E-state index contributed by atoms with van der Waals surface area (Å²) < 4.78 is 13.4. The van der Waals surface area contributed by atoms with Gasteiger partial charge in [0, 0.05) is 24.4 Å². The van der Waals surface area contributed by atoms with Crippen molar-refractivity contribution in [2.45, 2.75) is 19.8 Å². The van der Waals surface area contributed by atoms with Gasteiger partial charge in [-0.3, -0.25) is 9.98 Å². The van der Waals surface area contributed by atoms with Crippen LogP contribution in [0.2, 0.25) is 0 Å². The molecule has 0 saturated carbocycles. The van der Waals surface area contributed by atoms with Crippen LogP contribution in [0, 0.1) is 5.82 Å². The van der Waals surface area contributed by atoms with Gasteiger partial charge in [0.15, 0.2) is 0 Å². The molecule has 0 atom stereocenters. The smallest absolute Gasteiger partial charge is 0.123 e. The third kappa shape index (κ3) is 3.21. The van der Waals surface area contributed by atoms with E-state index in [0.29, 0.717) is 0 Å². The minimum atomic E-state index is -0.238. The van der Waals surface area contributed by atoms with E-state index in [1.807, 2.05) is 12.1 Å². The molecule has 0 N–H and O–H groups in total. The molecule has 0 spiro atoms. The first-order valence-corrected chi connectivity index (χ1v) is 8.81. The lowest BCUT2D eigenvalue weighted by atomic mass is 9.96. The van der Waals surface area contributed by atoms with E-state index >= 15 is 0 Å². The molecule has 3 heteroatoms. The topological polar surface area (TPSA) is 25.2 Å². The fraction of sp³-hybridized carbons (Fsp3) is 0.130. The van der Waals surface area contributed by atoms with Crippen LogP contribution >= 0.6 is 0 Å². The number of hydrogen-bond donors (Lipinski definition) is 0. The van der Waals surface area contributed by atoms with Gasteiger partial charge in [0.25, 0.3) is 0 Å².